The van der Waals surface area contributed by atoms with Crippen LogP contribution in [0.2, 0.25) is 0 Å². The molecule has 3 N–H and O–H groups in total. The molecule has 3 heteroatoms. The summed E-state index contributed by atoms with van der Waals surface area (Å²) in [6.07, 6.45) is 4.97. The molecule has 0 aliphatic heterocycles. The molecule has 1 atom stereocenters. The molecule has 0 aromatic carbocycles. The molecular formula is C11H17NO2. The lowest BCUT2D eigenvalue weighted by molar-refractivity contribution is 0.0662. The lowest BCUT2D eigenvalue weighted by Gasteiger charge is -2.27. The highest BCUT2D eigenvalue weighted by atomic mass is 16.5. The van der Waals surface area contributed by atoms with E-state index in [1.165, 1.54) is 0 Å². The first-order valence-electron chi connectivity index (χ1n) is 4.85. The summed E-state index contributed by atoms with van der Waals surface area (Å²) < 4.78 is 0. The van der Waals surface area contributed by atoms with Crippen molar-refractivity contribution in [1.29, 1.82) is 0 Å². The average molecular weight is 195 g/mol. The van der Waals surface area contributed by atoms with Crippen LogP contribution in [0.15, 0.2) is 12.2 Å². The molecule has 0 aromatic heterocycles. The van der Waals surface area contributed by atoms with Crippen LogP contribution < -0.4 is 5.48 Å². The molecule has 0 radical (unpaired) electrons. The molecule has 1 saturated carbocycles. The number of hydroxylamine groups is 1. The molecule has 0 heterocycles. The van der Waals surface area contributed by atoms with Crippen LogP contribution in [-0.4, -0.2) is 22.0 Å². The normalized spacial score (nSPS) is 30.3. The Balaban J connectivity index is 2.55. The van der Waals surface area contributed by atoms with Gasteiger partial charge in [-0.1, -0.05) is 24.0 Å². The number of allylic oxidation sites excluding steroid dienone is 1. The summed E-state index contributed by atoms with van der Waals surface area (Å²) in [4.78, 5) is 0. The Kier molecular flexibility index (Phi) is 3.70. The average Bonchev–Trinajstić information content (AvgIpc) is 2.11. The van der Waals surface area contributed by atoms with Gasteiger partial charge in [-0.3, -0.25) is 0 Å². The van der Waals surface area contributed by atoms with E-state index >= 15 is 0 Å². The highest BCUT2D eigenvalue weighted by molar-refractivity contribution is 5.25. The van der Waals surface area contributed by atoms with E-state index in [1.54, 1.807) is 13.0 Å². The lowest BCUT2D eigenvalue weighted by Crippen LogP contribution is -2.37. The number of nitrogens with one attached hydrogen (secondary N) is 1. The fourth-order valence-corrected chi connectivity index (χ4v) is 1.40. The maximum absolute atomic E-state index is 9.06. The Hall–Kier alpha value is -0.820. The first kappa shape index (κ1) is 11.3. The van der Waals surface area contributed by atoms with Gasteiger partial charge in [-0.05, 0) is 26.7 Å². The zero-order chi connectivity index (χ0) is 10.6. The molecule has 1 rings (SSSR count). The van der Waals surface area contributed by atoms with Gasteiger partial charge >= 0.3 is 0 Å². The molecule has 14 heavy (non-hydrogen) atoms. The summed E-state index contributed by atoms with van der Waals surface area (Å²) in [5, 5.41) is 18.0. The second kappa shape index (κ2) is 4.61. The Morgan fingerprint density at radius 3 is 2.57 bits per heavy atom. The molecule has 3 nitrogen and oxygen atoms in total. The summed E-state index contributed by atoms with van der Waals surface area (Å²) in [6.45, 7) is 3.68. The van der Waals surface area contributed by atoms with E-state index in [4.69, 9.17) is 10.3 Å². The van der Waals surface area contributed by atoms with Crippen LogP contribution in [0, 0.1) is 17.8 Å². The fourth-order valence-electron chi connectivity index (χ4n) is 1.40. The minimum absolute atomic E-state index is 0.177. The Morgan fingerprint density at radius 1 is 1.50 bits per heavy atom. The molecule has 1 unspecified atom stereocenters. The SMILES string of the molecule is C/C=C\C(C)(C#CC1CC(O)C1)NO. The number of hydrogen-bond acceptors (Lipinski definition) is 3. The molecule has 0 bridgehead atoms. The van der Waals surface area contributed by atoms with Crippen LogP contribution in [0.1, 0.15) is 26.7 Å². The maximum Gasteiger partial charge on any atom is 0.118 e. The van der Waals surface area contributed by atoms with Gasteiger partial charge < -0.3 is 10.3 Å². The Labute approximate surface area is 84.8 Å². The second-order valence-electron chi connectivity index (χ2n) is 3.91. The topological polar surface area (TPSA) is 52.5 Å². The van der Waals surface area contributed by atoms with Crippen molar-refractivity contribution in [1.82, 2.24) is 5.48 Å². The molecule has 0 spiro atoms. The van der Waals surface area contributed by atoms with Crippen molar-refractivity contribution in [3.8, 4) is 11.8 Å². The zero-order valence-corrected chi connectivity index (χ0v) is 8.62. The largest absolute Gasteiger partial charge is 0.393 e. The van der Waals surface area contributed by atoms with Crippen molar-refractivity contribution in [3.63, 3.8) is 0 Å². The third-order valence-electron chi connectivity index (χ3n) is 2.38. The first-order valence-corrected chi connectivity index (χ1v) is 4.85. The van der Waals surface area contributed by atoms with Crippen molar-refractivity contribution in [2.24, 2.45) is 5.92 Å². The van der Waals surface area contributed by atoms with Crippen LogP contribution in [0.4, 0.5) is 0 Å². The van der Waals surface area contributed by atoms with E-state index in [2.05, 4.69) is 17.3 Å². The Morgan fingerprint density at radius 2 is 2.14 bits per heavy atom. The maximum atomic E-state index is 9.06. The monoisotopic (exact) mass is 195 g/mol. The van der Waals surface area contributed by atoms with Gasteiger partial charge in [-0.2, -0.15) is 5.48 Å². The summed E-state index contributed by atoms with van der Waals surface area (Å²) in [5.74, 6) is 6.28. The van der Waals surface area contributed by atoms with Gasteiger partial charge in [0.1, 0.15) is 5.54 Å². The van der Waals surface area contributed by atoms with Crippen molar-refractivity contribution < 1.29 is 10.3 Å². The summed E-state index contributed by atoms with van der Waals surface area (Å²) in [7, 11) is 0. The van der Waals surface area contributed by atoms with Gasteiger partial charge in [-0.15, -0.1) is 0 Å². The van der Waals surface area contributed by atoms with Crippen molar-refractivity contribution >= 4 is 0 Å². The van der Waals surface area contributed by atoms with Crippen LogP contribution in [0.5, 0.6) is 0 Å². The van der Waals surface area contributed by atoms with Crippen molar-refractivity contribution in [2.75, 3.05) is 0 Å². The summed E-state index contributed by atoms with van der Waals surface area (Å²) in [6, 6.07) is 0. The van der Waals surface area contributed by atoms with E-state index in [0.29, 0.717) is 0 Å². The molecule has 0 saturated heterocycles. The van der Waals surface area contributed by atoms with Gasteiger partial charge in [0, 0.05) is 5.92 Å². The fraction of sp³-hybridized carbons (Fsp3) is 0.636. The number of hydrogen-bond donors (Lipinski definition) is 3. The second-order valence-corrected chi connectivity index (χ2v) is 3.91. The quantitative estimate of drug-likeness (QED) is 0.351. The predicted molar refractivity (Wildman–Crippen MR) is 54.6 cm³/mol. The molecule has 0 amide bonds. The van der Waals surface area contributed by atoms with Crippen molar-refractivity contribution in [3.05, 3.63) is 12.2 Å². The highest BCUT2D eigenvalue weighted by Crippen LogP contribution is 2.26. The van der Waals surface area contributed by atoms with Gasteiger partial charge in [0.2, 0.25) is 0 Å². The van der Waals surface area contributed by atoms with Gasteiger partial charge in [0.25, 0.3) is 0 Å². The van der Waals surface area contributed by atoms with E-state index < -0.39 is 5.54 Å². The lowest BCUT2D eigenvalue weighted by atomic mass is 9.82. The molecule has 1 aliphatic rings. The Bertz CT molecular complexity index is 271. The van der Waals surface area contributed by atoms with Crippen LogP contribution >= 0.6 is 0 Å². The molecule has 1 aliphatic carbocycles. The molecule has 78 valence electrons. The summed E-state index contributed by atoms with van der Waals surface area (Å²) >= 11 is 0. The standard InChI is InChI=1S/C11H17NO2/c1-3-5-11(2,12-14)6-4-9-7-10(13)8-9/h3,5,9-10,12-14H,7-8H2,1-2H3/b5-3-. The van der Waals surface area contributed by atoms with Crippen LogP contribution in [0.3, 0.4) is 0 Å². The van der Waals surface area contributed by atoms with Crippen LogP contribution in [0.25, 0.3) is 0 Å². The van der Waals surface area contributed by atoms with E-state index in [9.17, 15) is 0 Å². The number of aliphatic hydroxyl groups excluding tert-OH is 1. The van der Waals surface area contributed by atoms with E-state index in [-0.39, 0.29) is 12.0 Å². The molecule has 1 fully saturated rings. The number of rotatable bonds is 2. The predicted octanol–water partition coefficient (Wildman–Crippen LogP) is 1.07. The highest BCUT2D eigenvalue weighted by Gasteiger charge is 2.26. The van der Waals surface area contributed by atoms with E-state index in [1.807, 2.05) is 13.0 Å². The van der Waals surface area contributed by atoms with Gasteiger partial charge in [0.15, 0.2) is 0 Å². The minimum atomic E-state index is -0.671. The minimum Gasteiger partial charge on any atom is -0.393 e. The van der Waals surface area contributed by atoms with Gasteiger partial charge in [0.05, 0.1) is 6.10 Å². The van der Waals surface area contributed by atoms with Gasteiger partial charge in [-0.25, -0.2) is 0 Å². The van der Waals surface area contributed by atoms with Crippen molar-refractivity contribution in [2.45, 2.75) is 38.3 Å². The van der Waals surface area contributed by atoms with Crippen LogP contribution in [-0.2, 0) is 0 Å². The third kappa shape index (κ3) is 2.85. The third-order valence-corrected chi connectivity index (χ3v) is 2.38. The smallest absolute Gasteiger partial charge is 0.118 e. The molecular weight excluding hydrogens is 178 g/mol. The van der Waals surface area contributed by atoms with E-state index in [0.717, 1.165) is 12.8 Å². The summed E-state index contributed by atoms with van der Waals surface area (Å²) in [5.41, 5.74) is 1.50. The first-order chi connectivity index (χ1) is 6.59. The zero-order valence-electron chi connectivity index (χ0n) is 8.62. The number of aliphatic hydroxyl groups is 1. The molecule has 0 aromatic rings.